The topological polar surface area (TPSA) is 29.1 Å². The van der Waals surface area contributed by atoms with Crippen molar-refractivity contribution >= 4 is 17.5 Å². The molecule has 102 valence electrons. The van der Waals surface area contributed by atoms with Gasteiger partial charge in [0.1, 0.15) is 0 Å². The third kappa shape index (κ3) is 5.66. The summed E-state index contributed by atoms with van der Waals surface area (Å²) in [7, 11) is 0. The summed E-state index contributed by atoms with van der Waals surface area (Å²) in [4.78, 5) is 11.0. The molecule has 1 amide bonds. The van der Waals surface area contributed by atoms with Crippen molar-refractivity contribution in [3.8, 4) is 11.8 Å². The maximum Gasteiger partial charge on any atom is 0.416 e. The molecule has 1 aromatic rings. The molecule has 19 heavy (non-hydrogen) atoms. The summed E-state index contributed by atoms with van der Waals surface area (Å²) in [5, 5.41) is 2.48. The van der Waals surface area contributed by atoms with Gasteiger partial charge in [-0.2, -0.15) is 13.2 Å². The van der Waals surface area contributed by atoms with Crippen LogP contribution in [0.25, 0.3) is 0 Å². The number of amides is 1. The number of halogens is 4. The van der Waals surface area contributed by atoms with Crippen molar-refractivity contribution in [2.45, 2.75) is 12.6 Å². The summed E-state index contributed by atoms with van der Waals surface area (Å²) in [5.41, 5.74) is -0.494. The normalized spacial score (nSPS) is 10.5. The number of carbonyl (C=O) groups is 1. The average Bonchev–Trinajstić information content (AvgIpc) is 2.34. The van der Waals surface area contributed by atoms with Crippen LogP contribution in [0.3, 0.4) is 0 Å². The Kier molecular flexibility index (Phi) is 5.71. The summed E-state index contributed by atoms with van der Waals surface area (Å²) in [6.07, 6.45) is -4.20. The maximum atomic E-state index is 12.4. The van der Waals surface area contributed by atoms with Crippen LogP contribution in [0.1, 0.15) is 17.5 Å². The van der Waals surface area contributed by atoms with Gasteiger partial charge in [-0.15, -0.1) is 11.6 Å². The van der Waals surface area contributed by atoms with E-state index in [9.17, 15) is 18.0 Å². The molecule has 0 aliphatic carbocycles. The second-order valence-electron chi connectivity index (χ2n) is 3.60. The number of rotatable bonds is 3. The van der Waals surface area contributed by atoms with Crippen molar-refractivity contribution in [3.05, 3.63) is 35.4 Å². The number of benzene rings is 1. The molecular weight excluding hydrogens is 279 g/mol. The molecule has 0 saturated carbocycles. The zero-order valence-electron chi connectivity index (χ0n) is 9.85. The van der Waals surface area contributed by atoms with Crippen LogP contribution in [0.15, 0.2) is 24.3 Å². The molecule has 0 aromatic heterocycles. The first kappa shape index (κ1) is 15.4. The number of hydrogen-bond donors (Lipinski definition) is 1. The molecule has 6 heteroatoms. The molecule has 2 nitrogen and oxygen atoms in total. The Bertz CT molecular complexity index is 503. The van der Waals surface area contributed by atoms with Crippen LogP contribution in [0.2, 0.25) is 0 Å². The molecule has 0 atom stereocenters. The zero-order chi connectivity index (χ0) is 14.3. The van der Waals surface area contributed by atoms with Gasteiger partial charge in [0.25, 0.3) is 0 Å². The molecule has 0 radical (unpaired) electrons. The van der Waals surface area contributed by atoms with Crippen LogP contribution in [0, 0.1) is 11.8 Å². The van der Waals surface area contributed by atoms with E-state index in [0.29, 0.717) is 0 Å². The van der Waals surface area contributed by atoms with Gasteiger partial charge in [0.05, 0.1) is 12.1 Å². The Labute approximate surface area is 113 Å². The molecule has 0 aliphatic rings. The fourth-order valence-corrected chi connectivity index (χ4v) is 1.41. The van der Waals surface area contributed by atoms with Gasteiger partial charge >= 0.3 is 6.18 Å². The van der Waals surface area contributed by atoms with E-state index in [4.69, 9.17) is 11.6 Å². The highest BCUT2D eigenvalue weighted by Gasteiger charge is 2.30. The predicted molar refractivity (Wildman–Crippen MR) is 66.7 cm³/mol. The van der Waals surface area contributed by atoms with Gasteiger partial charge in [0.15, 0.2) is 0 Å². The van der Waals surface area contributed by atoms with Gasteiger partial charge in [0.2, 0.25) is 5.91 Å². The molecule has 0 saturated heterocycles. The highest BCUT2D eigenvalue weighted by molar-refractivity contribution is 6.18. The van der Waals surface area contributed by atoms with E-state index in [-0.39, 0.29) is 30.3 Å². The predicted octanol–water partition coefficient (Wildman–Crippen LogP) is 2.80. The van der Waals surface area contributed by atoms with Crippen molar-refractivity contribution in [1.29, 1.82) is 0 Å². The summed E-state index contributed by atoms with van der Waals surface area (Å²) in [5.74, 6) is 5.11. The van der Waals surface area contributed by atoms with E-state index >= 15 is 0 Å². The van der Waals surface area contributed by atoms with E-state index < -0.39 is 11.7 Å². The highest BCUT2D eigenvalue weighted by Crippen LogP contribution is 2.29. The van der Waals surface area contributed by atoms with E-state index in [1.807, 2.05) is 0 Å². The van der Waals surface area contributed by atoms with Crippen molar-refractivity contribution in [1.82, 2.24) is 5.32 Å². The molecule has 1 aromatic carbocycles. The van der Waals surface area contributed by atoms with Crippen LogP contribution >= 0.6 is 11.6 Å². The molecule has 0 unspecified atom stereocenters. The lowest BCUT2D eigenvalue weighted by molar-refractivity contribution is -0.137. The Morgan fingerprint density at radius 2 is 2.11 bits per heavy atom. The van der Waals surface area contributed by atoms with Gasteiger partial charge in [0, 0.05) is 17.9 Å². The minimum Gasteiger partial charge on any atom is -0.345 e. The van der Waals surface area contributed by atoms with Gasteiger partial charge in [-0.3, -0.25) is 4.79 Å². The first-order chi connectivity index (χ1) is 8.93. The second-order valence-corrected chi connectivity index (χ2v) is 3.97. The lowest BCUT2D eigenvalue weighted by atomic mass is 10.1. The van der Waals surface area contributed by atoms with E-state index in [1.54, 1.807) is 0 Å². The summed E-state index contributed by atoms with van der Waals surface area (Å²) < 4.78 is 37.3. The quantitative estimate of drug-likeness (QED) is 0.673. The average molecular weight is 290 g/mol. The third-order valence-electron chi connectivity index (χ3n) is 2.12. The number of alkyl halides is 4. The molecule has 0 spiro atoms. The zero-order valence-corrected chi connectivity index (χ0v) is 10.6. The number of carbonyl (C=O) groups excluding carboxylic acids is 1. The van der Waals surface area contributed by atoms with Crippen LogP contribution < -0.4 is 5.32 Å². The number of nitrogens with one attached hydrogen (secondary N) is 1. The Morgan fingerprint density at radius 1 is 1.37 bits per heavy atom. The SMILES string of the molecule is O=C(CCCl)NCC#Cc1cccc(C(F)(F)F)c1. The molecule has 0 aliphatic heterocycles. The fourth-order valence-electron chi connectivity index (χ4n) is 1.24. The Hall–Kier alpha value is -1.67. The molecule has 0 heterocycles. The van der Waals surface area contributed by atoms with Crippen LogP contribution in [-0.2, 0) is 11.0 Å². The Balaban J connectivity index is 2.61. The smallest absolute Gasteiger partial charge is 0.345 e. The first-order valence-corrected chi connectivity index (χ1v) is 5.95. The lowest BCUT2D eigenvalue weighted by Gasteiger charge is -2.05. The van der Waals surface area contributed by atoms with Crippen molar-refractivity contribution in [3.63, 3.8) is 0 Å². The second kappa shape index (κ2) is 7.05. The van der Waals surface area contributed by atoms with Crippen LogP contribution in [0.4, 0.5) is 13.2 Å². The lowest BCUT2D eigenvalue weighted by Crippen LogP contribution is -2.23. The van der Waals surface area contributed by atoms with Crippen LogP contribution in [-0.4, -0.2) is 18.3 Å². The largest absolute Gasteiger partial charge is 0.416 e. The van der Waals surface area contributed by atoms with Gasteiger partial charge in [-0.1, -0.05) is 17.9 Å². The summed E-state index contributed by atoms with van der Waals surface area (Å²) >= 11 is 5.36. The van der Waals surface area contributed by atoms with Crippen LogP contribution in [0.5, 0.6) is 0 Å². The molecule has 1 N–H and O–H groups in total. The Morgan fingerprint density at radius 3 is 2.74 bits per heavy atom. The minimum absolute atomic E-state index is 0.0754. The summed E-state index contributed by atoms with van der Waals surface area (Å²) in [6, 6.07) is 4.71. The fraction of sp³-hybridized carbons (Fsp3) is 0.308. The maximum absolute atomic E-state index is 12.4. The molecular formula is C13H11ClF3NO. The minimum atomic E-state index is -4.38. The van der Waals surface area contributed by atoms with Crippen molar-refractivity contribution in [2.75, 3.05) is 12.4 Å². The van der Waals surface area contributed by atoms with E-state index in [0.717, 1.165) is 12.1 Å². The standard InChI is InChI=1S/C13H11ClF3NO/c14-7-6-12(19)18-8-2-4-10-3-1-5-11(9-10)13(15,16)17/h1,3,5,9H,6-8H2,(H,18,19). The molecule has 0 bridgehead atoms. The van der Waals surface area contributed by atoms with Gasteiger partial charge in [-0.25, -0.2) is 0 Å². The highest BCUT2D eigenvalue weighted by atomic mass is 35.5. The number of hydrogen-bond acceptors (Lipinski definition) is 1. The molecule has 1 rings (SSSR count). The van der Waals surface area contributed by atoms with Gasteiger partial charge < -0.3 is 5.32 Å². The van der Waals surface area contributed by atoms with Crippen molar-refractivity contribution in [2.24, 2.45) is 0 Å². The van der Waals surface area contributed by atoms with Crippen molar-refractivity contribution < 1.29 is 18.0 Å². The van der Waals surface area contributed by atoms with Gasteiger partial charge in [-0.05, 0) is 18.2 Å². The monoisotopic (exact) mass is 289 g/mol. The summed E-state index contributed by atoms with van der Waals surface area (Å²) in [6.45, 7) is 0.0754. The first-order valence-electron chi connectivity index (χ1n) is 5.42. The van der Waals surface area contributed by atoms with E-state index in [2.05, 4.69) is 17.2 Å². The molecule has 0 fully saturated rings. The van der Waals surface area contributed by atoms with E-state index in [1.165, 1.54) is 12.1 Å². The third-order valence-corrected chi connectivity index (χ3v) is 2.31.